The fraction of sp³-hybridized carbons (Fsp3) is 0.269. The van der Waals surface area contributed by atoms with Crippen molar-refractivity contribution in [3.05, 3.63) is 59.7 Å². The van der Waals surface area contributed by atoms with Crippen molar-refractivity contribution in [3.8, 4) is 11.6 Å². The topological polar surface area (TPSA) is 118 Å². The molecule has 1 aliphatic carbocycles. The Balaban J connectivity index is 1.30. The zero-order chi connectivity index (χ0) is 25.2. The van der Waals surface area contributed by atoms with Gasteiger partial charge in [-0.1, -0.05) is 6.07 Å². The van der Waals surface area contributed by atoms with Crippen LogP contribution in [0.25, 0.3) is 10.9 Å². The number of ether oxygens (including phenoxy) is 2. The molecule has 9 nitrogen and oxygen atoms in total. The summed E-state index contributed by atoms with van der Waals surface area (Å²) in [4.78, 5) is 17.4. The van der Waals surface area contributed by atoms with Crippen LogP contribution in [0.4, 0.5) is 17.2 Å². The van der Waals surface area contributed by atoms with Crippen molar-refractivity contribution in [2.24, 2.45) is 0 Å². The number of aromatic amines is 1. The van der Waals surface area contributed by atoms with Crippen molar-refractivity contribution in [3.63, 3.8) is 0 Å². The Kier molecular flexibility index (Phi) is 4.92. The summed E-state index contributed by atoms with van der Waals surface area (Å²) in [5, 5.41) is 14.7. The highest BCUT2D eigenvalue weighted by molar-refractivity contribution is 7.69. The first kappa shape index (κ1) is 22.6. The van der Waals surface area contributed by atoms with Crippen LogP contribution in [0, 0.1) is 0 Å². The van der Waals surface area contributed by atoms with Gasteiger partial charge >= 0.3 is 0 Å². The molecule has 4 aromatic rings. The molecule has 0 bridgehead atoms. The Hall–Kier alpha value is -3.84. The van der Waals surface area contributed by atoms with Gasteiger partial charge in [0.15, 0.2) is 5.82 Å². The second kappa shape index (κ2) is 7.83. The van der Waals surface area contributed by atoms with Crippen LogP contribution in [0.1, 0.15) is 23.5 Å². The lowest BCUT2D eigenvalue weighted by Gasteiger charge is -2.12. The van der Waals surface area contributed by atoms with Crippen LogP contribution in [0.3, 0.4) is 0 Å². The number of nitrogens with zero attached hydrogens (tertiary/aromatic N) is 2. The second-order valence-electron chi connectivity index (χ2n) is 9.67. The van der Waals surface area contributed by atoms with Gasteiger partial charge in [-0.25, -0.2) is 4.98 Å². The lowest BCUT2D eigenvalue weighted by atomic mass is 9.91. The molecule has 2 atom stereocenters. The van der Waals surface area contributed by atoms with Crippen LogP contribution in [-0.4, -0.2) is 48.6 Å². The zero-order valence-electron chi connectivity index (χ0n) is 20.4. The number of anilines is 3. The van der Waals surface area contributed by atoms with E-state index in [0.717, 1.165) is 39.9 Å². The van der Waals surface area contributed by atoms with Crippen LogP contribution in [0.2, 0.25) is 0 Å². The molecule has 2 aromatic carbocycles. The SMILES string of the molecule is COc1ccc2c(c1)[C@]1(C[C@H]1c1ccc3c(Nc4ccc(P(C)(C)=O)nc4OC)n[nH]c3c1)C(=O)N2. The maximum atomic E-state index is 13.0. The first-order valence-electron chi connectivity index (χ1n) is 11.6. The molecule has 1 fully saturated rings. The summed E-state index contributed by atoms with van der Waals surface area (Å²) in [6.45, 7) is 3.35. The predicted octanol–water partition coefficient (Wildman–Crippen LogP) is 4.34. The van der Waals surface area contributed by atoms with E-state index < -0.39 is 12.6 Å². The third-order valence-electron chi connectivity index (χ3n) is 7.15. The van der Waals surface area contributed by atoms with E-state index in [1.165, 1.54) is 7.11 Å². The lowest BCUT2D eigenvalue weighted by molar-refractivity contribution is -0.118. The molecule has 2 aliphatic rings. The summed E-state index contributed by atoms with van der Waals surface area (Å²) in [7, 11) is 0.646. The number of pyridine rings is 1. The Bertz CT molecular complexity index is 1590. The second-order valence-corrected chi connectivity index (χ2v) is 12.8. The summed E-state index contributed by atoms with van der Waals surface area (Å²) in [5.41, 5.74) is 4.36. The van der Waals surface area contributed by atoms with Crippen molar-refractivity contribution in [1.82, 2.24) is 15.2 Å². The number of carbonyl (C=O) groups is 1. The molecule has 1 amide bonds. The molecule has 1 aliphatic heterocycles. The number of hydrogen-bond acceptors (Lipinski definition) is 7. The minimum atomic E-state index is -2.51. The number of nitrogens with one attached hydrogen (secondary N) is 3. The molecule has 2 aromatic heterocycles. The Morgan fingerprint density at radius 1 is 1.08 bits per heavy atom. The number of H-pyrrole nitrogens is 1. The molecular weight excluding hydrogens is 477 g/mol. The largest absolute Gasteiger partial charge is 0.497 e. The minimum Gasteiger partial charge on any atom is -0.497 e. The van der Waals surface area contributed by atoms with Crippen molar-refractivity contribution >= 4 is 46.6 Å². The van der Waals surface area contributed by atoms with E-state index in [1.807, 2.05) is 24.3 Å². The first-order valence-corrected chi connectivity index (χ1v) is 14.2. The van der Waals surface area contributed by atoms with Crippen LogP contribution in [0.15, 0.2) is 48.5 Å². The van der Waals surface area contributed by atoms with E-state index in [-0.39, 0.29) is 11.8 Å². The molecule has 0 saturated heterocycles. The smallest absolute Gasteiger partial charge is 0.238 e. The monoisotopic (exact) mass is 503 g/mol. The standard InChI is InChI=1S/C26H26N5O4P/c1-34-15-6-8-19-17(12-15)26(25(32)28-19)13-18(26)14-5-7-16-21(11-14)30-31-23(16)27-20-9-10-22(36(3,4)33)29-24(20)35-2/h5-12,18H,13H2,1-4H3,(H,28,32)(H2,27,30,31)/t18-,26-/m0/s1. The van der Waals surface area contributed by atoms with E-state index in [9.17, 15) is 9.36 Å². The number of hydrogen-bond donors (Lipinski definition) is 3. The van der Waals surface area contributed by atoms with Gasteiger partial charge in [0.05, 0.1) is 25.2 Å². The van der Waals surface area contributed by atoms with Crippen molar-refractivity contribution in [2.45, 2.75) is 17.8 Å². The fourth-order valence-electron chi connectivity index (χ4n) is 5.16. The number of rotatable bonds is 6. The molecule has 1 spiro atoms. The third kappa shape index (κ3) is 3.38. The minimum absolute atomic E-state index is 0.0366. The van der Waals surface area contributed by atoms with E-state index >= 15 is 0 Å². The summed E-state index contributed by atoms with van der Waals surface area (Å²) in [6.07, 6.45) is 0.748. The molecule has 0 radical (unpaired) electrons. The van der Waals surface area contributed by atoms with Gasteiger partial charge in [-0.15, -0.1) is 0 Å². The molecular formula is C26H26N5O4P. The number of carbonyl (C=O) groups excluding carboxylic acids is 1. The van der Waals surface area contributed by atoms with Gasteiger partial charge in [0, 0.05) is 17.0 Å². The van der Waals surface area contributed by atoms with Crippen LogP contribution >= 0.6 is 7.14 Å². The Morgan fingerprint density at radius 3 is 2.67 bits per heavy atom. The molecule has 10 heteroatoms. The maximum Gasteiger partial charge on any atom is 0.238 e. The van der Waals surface area contributed by atoms with Crippen molar-refractivity contribution in [1.29, 1.82) is 0 Å². The van der Waals surface area contributed by atoms with Gasteiger partial charge < -0.3 is 24.7 Å². The Labute approximate surface area is 208 Å². The number of fused-ring (bicyclic) bond motifs is 3. The molecule has 6 rings (SSSR count). The van der Waals surface area contributed by atoms with Gasteiger partial charge in [0.1, 0.15) is 24.0 Å². The quantitative estimate of drug-likeness (QED) is 0.335. The van der Waals surface area contributed by atoms with E-state index in [1.54, 1.807) is 32.6 Å². The molecule has 3 heterocycles. The molecule has 3 N–H and O–H groups in total. The molecule has 184 valence electrons. The Morgan fingerprint density at radius 2 is 1.92 bits per heavy atom. The molecule has 1 saturated carbocycles. The highest BCUT2D eigenvalue weighted by atomic mass is 31.2. The average Bonchev–Trinajstić information content (AvgIpc) is 3.42. The highest BCUT2D eigenvalue weighted by Crippen LogP contribution is 2.65. The maximum absolute atomic E-state index is 13.0. The van der Waals surface area contributed by atoms with Gasteiger partial charge in [-0.3, -0.25) is 9.89 Å². The first-order chi connectivity index (χ1) is 17.2. The summed E-state index contributed by atoms with van der Waals surface area (Å²) >= 11 is 0. The summed E-state index contributed by atoms with van der Waals surface area (Å²) in [5.74, 6) is 1.83. The lowest BCUT2D eigenvalue weighted by Crippen LogP contribution is -2.21. The highest BCUT2D eigenvalue weighted by Gasteiger charge is 2.65. The fourth-order valence-corrected chi connectivity index (χ4v) is 5.92. The average molecular weight is 503 g/mol. The van der Waals surface area contributed by atoms with E-state index in [2.05, 4.69) is 37.9 Å². The number of aromatic nitrogens is 3. The number of benzene rings is 2. The summed E-state index contributed by atoms with van der Waals surface area (Å²) < 4.78 is 23.2. The van der Waals surface area contributed by atoms with E-state index in [0.29, 0.717) is 22.8 Å². The van der Waals surface area contributed by atoms with Gasteiger partial charge in [0.2, 0.25) is 11.8 Å². The molecule has 36 heavy (non-hydrogen) atoms. The van der Waals surface area contributed by atoms with Crippen LogP contribution in [0.5, 0.6) is 11.6 Å². The normalized spacial score (nSPS) is 20.3. The number of methoxy groups -OCH3 is 2. The van der Waals surface area contributed by atoms with Gasteiger partial charge in [-0.2, -0.15) is 5.10 Å². The van der Waals surface area contributed by atoms with Gasteiger partial charge in [-0.05, 0) is 73.3 Å². The number of amides is 1. The molecule has 0 unspecified atom stereocenters. The van der Waals surface area contributed by atoms with E-state index in [4.69, 9.17) is 9.47 Å². The van der Waals surface area contributed by atoms with Crippen molar-refractivity contribution < 1.29 is 18.8 Å². The third-order valence-corrected chi connectivity index (χ3v) is 8.51. The van der Waals surface area contributed by atoms with Crippen molar-refractivity contribution in [2.75, 3.05) is 38.2 Å². The zero-order valence-corrected chi connectivity index (χ0v) is 21.3. The van der Waals surface area contributed by atoms with Crippen LogP contribution < -0.4 is 25.5 Å². The summed E-state index contributed by atoms with van der Waals surface area (Å²) in [6, 6.07) is 15.4. The predicted molar refractivity (Wildman–Crippen MR) is 140 cm³/mol. The van der Waals surface area contributed by atoms with Gasteiger partial charge in [0.25, 0.3) is 0 Å². The van der Waals surface area contributed by atoms with Crippen LogP contribution in [-0.2, 0) is 14.8 Å².